The van der Waals surface area contributed by atoms with Crippen LogP contribution in [0.2, 0.25) is 0 Å². The average Bonchev–Trinajstić information content (AvgIpc) is 2.82. The van der Waals surface area contributed by atoms with Crippen molar-refractivity contribution >= 4 is 0 Å². The van der Waals surface area contributed by atoms with E-state index in [4.69, 9.17) is 0 Å². The van der Waals surface area contributed by atoms with Gasteiger partial charge in [-0.2, -0.15) is 5.26 Å². The van der Waals surface area contributed by atoms with Gasteiger partial charge in [0.2, 0.25) is 0 Å². The summed E-state index contributed by atoms with van der Waals surface area (Å²) < 4.78 is 1.86. The van der Waals surface area contributed by atoms with E-state index in [2.05, 4.69) is 56.2 Å². The highest BCUT2D eigenvalue weighted by Crippen LogP contribution is 2.28. The summed E-state index contributed by atoms with van der Waals surface area (Å²) in [6.45, 7) is 8.28. The molecule has 0 N–H and O–H groups in total. The molecule has 0 aliphatic heterocycles. The molecular formula is C15H18N4. The molecule has 0 saturated carbocycles. The van der Waals surface area contributed by atoms with Crippen molar-refractivity contribution < 1.29 is 0 Å². The molecule has 0 bridgehead atoms. The molecule has 2 rings (SSSR count). The lowest BCUT2D eigenvalue weighted by atomic mass is 9.90. The van der Waals surface area contributed by atoms with Crippen molar-refractivity contribution in [1.29, 1.82) is 5.26 Å². The normalized spacial score (nSPS) is 13.0. The van der Waals surface area contributed by atoms with Crippen molar-refractivity contribution in [3.05, 3.63) is 47.3 Å². The Kier molecular flexibility index (Phi) is 3.39. The Morgan fingerprint density at radius 2 is 1.84 bits per heavy atom. The standard InChI is InChI=1S/C15H18N4/c1-11(12-8-6-5-7-9-12)19-14(15(2,3)4)13(10-16)17-18-19/h5-9,11H,1-4H3. The highest BCUT2D eigenvalue weighted by Gasteiger charge is 2.27. The third-order valence-electron chi connectivity index (χ3n) is 3.16. The van der Waals surface area contributed by atoms with E-state index in [-0.39, 0.29) is 11.5 Å². The van der Waals surface area contributed by atoms with E-state index in [9.17, 15) is 5.26 Å². The molecule has 1 aromatic carbocycles. The van der Waals surface area contributed by atoms with Crippen molar-refractivity contribution in [3.63, 3.8) is 0 Å². The number of hydrogen-bond acceptors (Lipinski definition) is 3. The van der Waals surface area contributed by atoms with Crippen LogP contribution in [0, 0.1) is 11.3 Å². The van der Waals surface area contributed by atoms with Gasteiger partial charge in [0.15, 0.2) is 5.69 Å². The molecule has 0 saturated heterocycles. The van der Waals surface area contributed by atoms with Crippen molar-refractivity contribution in [2.75, 3.05) is 0 Å². The minimum atomic E-state index is -0.169. The van der Waals surface area contributed by atoms with Gasteiger partial charge in [0, 0.05) is 5.41 Å². The summed E-state index contributed by atoms with van der Waals surface area (Å²) in [5, 5.41) is 17.4. The Morgan fingerprint density at radius 3 is 2.37 bits per heavy atom. The zero-order valence-electron chi connectivity index (χ0n) is 11.8. The fourth-order valence-corrected chi connectivity index (χ4v) is 2.21. The van der Waals surface area contributed by atoms with Crippen LogP contribution in [0.3, 0.4) is 0 Å². The zero-order valence-corrected chi connectivity index (χ0v) is 11.8. The Bertz CT molecular complexity index is 599. The molecule has 0 radical (unpaired) electrons. The molecule has 0 spiro atoms. The Labute approximate surface area is 113 Å². The maximum absolute atomic E-state index is 9.18. The molecule has 1 aromatic heterocycles. The van der Waals surface area contributed by atoms with Gasteiger partial charge < -0.3 is 0 Å². The van der Waals surface area contributed by atoms with Gasteiger partial charge in [-0.25, -0.2) is 4.68 Å². The van der Waals surface area contributed by atoms with Crippen molar-refractivity contribution in [1.82, 2.24) is 15.0 Å². The molecule has 4 nitrogen and oxygen atoms in total. The summed E-state index contributed by atoms with van der Waals surface area (Å²) in [6, 6.07) is 12.3. The predicted octanol–water partition coefficient (Wildman–Crippen LogP) is 3.06. The fraction of sp³-hybridized carbons (Fsp3) is 0.400. The fourth-order valence-electron chi connectivity index (χ4n) is 2.21. The van der Waals surface area contributed by atoms with E-state index in [0.29, 0.717) is 5.69 Å². The summed E-state index contributed by atoms with van der Waals surface area (Å²) in [5.41, 5.74) is 2.28. The first-order valence-electron chi connectivity index (χ1n) is 6.36. The zero-order chi connectivity index (χ0) is 14.0. The smallest absolute Gasteiger partial charge is 0.186 e. The summed E-state index contributed by atoms with van der Waals surface area (Å²) in [6.07, 6.45) is 0. The number of rotatable bonds is 2. The molecule has 0 aliphatic rings. The van der Waals surface area contributed by atoms with E-state index in [0.717, 1.165) is 11.3 Å². The first kappa shape index (κ1) is 13.3. The largest absolute Gasteiger partial charge is 0.240 e. The van der Waals surface area contributed by atoms with E-state index in [1.807, 2.05) is 22.9 Å². The number of nitriles is 1. The maximum atomic E-state index is 9.18. The molecule has 1 atom stereocenters. The van der Waals surface area contributed by atoms with Gasteiger partial charge >= 0.3 is 0 Å². The maximum Gasteiger partial charge on any atom is 0.186 e. The van der Waals surface area contributed by atoms with Gasteiger partial charge in [-0.15, -0.1) is 5.10 Å². The lowest BCUT2D eigenvalue weighted by Gasteiger charge is -2.23. The van der Waals surface area contributed by atoms with Gasteiger partial charge in [0.25, 0.3) is 0 Å². The van der Waals surface area contributed by atoms with Crippen molar-refractivity contribution in [2.45, 2.75) is 39.2 Å². The molecule has 98 valence electrons. The Balaban J connectivity index is 2.53. The second kappa shape index (κ2) is 4.85. The van der Waals surface area contributed by atoms with Gasteiger partial charge in [-0.05, 0) is 12.5 Å². The summed E-state index contributed by atoms with van der Waals surface area (Å²) in [5.74, 6) is 0. The Morgan fingerprint density at radius 1 is 1.21 bits per heavy atom. The number of benzene rings is 1. The topological polar surface area (TPSA) is 54.5 Å². The first-order chi connectivity index (χ1) is 8.95. The van der Waals surface area contributed by atoms with Crippen LogP contribution < -0.4 is 0 Å². The van der Waals surface area contributed by atoms with Crippen LogP contribution in [-0.4, -0.2) is 15.0 Å². The third kappa shape index (κ3) is 2.50. The summed E-state index contributed by atoms with van der Waals surface area (Å²) in [7, 11) is 0. The molecule has 4 heteroatoms. The second-order valence-electron chi connectivity index (χ2n) is 5.68. The summed E-state index contributed by atoms with van der Waals surface area (Å²) >= 11 is 0. The molecule has 1 heterocycles. The average molecular weight is 254 g/mol. The van der Waals surface area contributed by atoms with Crippen LogP contribution >= 0.6 is 0 Å². The van der Waals surface area contributed by atoms with Crippen LogP contribution in [0.25, 0.3) is 0 Å². The van der Waals surface area contributed by atoms with Gasteiger partial charge in [-0.1, -0.05) is 56.3 Å². The number of aromatic nitrogens is 3. The van der Waals surface area contributed by atoms with Crippen LogP contribution in [0.1, 0.15) is 50.7 Å². The molecule has 2 aromatic rings. The molecule has 0 amide bonds. The molecule has 1 unspecified atom stereocenters. The number of nitrogens with zero attached hydrogens (tertiary/aromatic N) is 4. The SMILES string of the molecule is CC(c1ccccc1)n1nnc(C#N)c1C(C)(C)C. The lowest BCUT2D eigenvalue weighted by molar-refractivity contribution is 0.455. The van der Waals surface area contributed by atoms with E-state index >= 15 is 0 Å². The first-order valence-corrected chi connectivity index (χ1v) is 6.36. The van der Waals surface area contributed by atoms with Crippen LogP contribution in [0.15, 0.2) is 30.3 Å². The monoisotopic (exact) mass is 254 g/mol. The van der Waals surface area contributed by atoms with E-state index < -0.39 is 0 Å². The lowest BCUT2D eigenvalue weighted by Crippen LogP contribution is -2.22. The molecule has 0 aliphatic carbocycles. The third-order valence-corrected chi connectivity index (χ3v) is 3.16. The van der Waals surface area contributed by atoms with Crippen LogP contribution in [0.4, 0.5) is 0 Å². The van der Waals surface area contributed by atoms with Crippen LogP contribution in [0.5, 0.6) is 0 Å². The molecule has 0 fully saturated rings. The predicted molar refractivity (Wildman–Crippen MR) is 73.7 cm³/mol. The minimum Gasteiger partial charge on any atom is -0.240 e. The van der Waals surface area contributed by atoms with Gasteiger partial charge in [-0.3, -0.25) is 0 Å². The highest BCUT2D eigenvalue weighted by molar-refractivity contribution is 5.32. The van der Waals surface area contributed by atoms with Gasteiger partial charge in [0.05, 0.1) is 11.7 Å². The summed E-state index contributed by atoms with van der Waals surface area (Å²) in [4.78, 5) is 0. The van der Waals surface area contributed by atoms with Crippen molar-refractivity contribution in [2.24, 2.45) is 0 Å². The van der Waals surface area contributed by atoms with E-state index in [1.165, 1.54) is 0 Å². The second-order valence-corrected chi connectivity index (χ2v) is 5.68. The molecule has 19 heavy (non-hydrogen) atoms. The Hall–Kier alpha value is -2.15. The quantitative estimate of drug-likeness (QED) is 0.827. The highest BCUT2D eigenvalue weighted by atomic mass is 15.4. The van der Waals surface area contributed by atoms with E-state index in [1.54, 1.807) is 0 Å². The van der Waals surface area contributed by atoms with Crippen molar-refractivity contribution in [3.8, 4) is 6.07 Å². The number of hydrogen-bond donors (Lipinski definition) is 0. The minimum absolute atomic E-state index is 0.0602. The van der Waals surface area contributed by atoms with Gasteiger partial charge in [0.1, 0.15) is 6.07 Å². The molecular weight excluding hydrogens is 236 g/mol. The van der Waals surface area contributed by atoms with Crippen LogP contribution in [-0.2, 0) is 5.41 Å².